The molecule has 0 saturated carbocycles. The lowest BCUT2D eigenvalue weighted by Crippen LogP contribution is -2.12. The van der Waals surface area contributed by atoms with E-state index in [9.17, 15) is 4.79 Å². The van der Waals surface area contributed by atoms with Crippen molar-refractivity contribution in [3.8, 4) is 0 Å². The van der Waals surface area contributed by atoms with Gasteiger partial charge in [0.2, 0.25) is 0 Å². The number of halogens is 1. The molecule has 0 fully saturated rings. The second-order valence-corrected chi connectivity index (χ2v) is 9.87. The third-order valence-electron chi connectivity index (χ3n) is 4.38. The van der Waals surface area contributed by atoms with Crippen molar-refractivity contribution in [2.45, 2.75) is 24.0 Å². The van der Waals surface area contributed by atoms with Crippen molar-refractivity contribution in [3.63, 3.8) is 0 Å². The summed E-state index contributed by atoms with van der Waals surface area (Å²) in [4.78, 5) is 23.5. The van der Waals surface area contributed by atoms with Gasteiger partial charge in [0.1, 0.15) is 0 Å². The minimum Gasteiger partial charge on any atom is -0.298 e. The maximum atomic E-state index is 12.9. The van der Waals surface area contributed by atoms with Crippen LogP contribution in [0.2, 0.25) is 5.02 Å². The van der Waals surface area contributed by atoms with E-state index in [1.54, 1.807) is 29.3 Å². The number of anilines is 1. The summed E-state index contributed by atoms with van der Waals surface area (Å²) >= 11 is 10.9. The number of carbonyl (C=O) groups is 1. The first-order valence-electron chi connectivity index (χ1n) is 9.18. The van der Waals surface area contributed by atoms with Crippen LogP contribution in [0.1, 0.15) is 32.1 Å². The van der Waals surface area contributed by atoms with Crippen LogP contribution >= 0.6 is 46.0 Å². The van der Waals surface area contributed by atoms with Gasteiger partial charge in [-0.25, -0.2) is 9.97 Å². The van der Waals surface area contributed by atoms with Crippen molar-refractivity contribution >= 4 is 57.1 Å². The van der Waals surface area contributed by atoms with Crippen molar-refractivity contribution < 1.29 is 4.79 Å². The van der Waals surface area contributed by atoms with Crippen LogP contribution < -0.4 is 5.32 Å². The number of amides is 1. The van der Waals surface area contributed by atoms with E-state index in [0.29, 0.717) is 10.7 Å². The highest BCUT2D eigenvalue weighted by atomic mass is 35.5. The van der Waals surface area contributed by atoms with Gasteiger partial charge in [-0.3, -0.25) is 10.1 Å². The summed E-state index contributed by atoms with van der Waals surface area (Å²) in [5, 5.41) is 6.31. The highest BCUT2D eigenvalue weighted by Crippen LogP contribution is 2.28. The minimum atomic E-state index is -0.157. The van der Waals surface area contributed by atoms with E-state index in [1.807, 2.05) is 54.2 Å². The Labute approximate surface area is 192 Å². The van der Waals surface area contributed by atoms with Crippen LogP contribution in [0.15, 0.2) is 64.4 Å². The minimum absolute atomic E-state index is 0.157. The number of aromatic nitrogens is 2. The van der Waals surface area contributed by atoms with Gasteiger partial charge in [-0.05, 0) is 36.2 Å². The van der Waals surface area contributed by atoms with Gasteiger partial charge in [0.25, 0.3) is 5.91 Å². The van der Waals surface area contributed by atoms with Crippen LogP contribution in [0.5, 0.6) is 0 Å². The van der Waals surface area contributed by atoms with Gasteiger partial charge < -0.3 is 0 Å². The monoisotopic (exact) mass is 471 g/mol. The number of benzene rings is 2. The van der Waals surface area contributed by atoms with E-state index in [1.165, 1.54) is 11.3 Å². The zero-order valence-electron chi connectivity index (χ0n) is 16.1. The Bertz CT molecular complexity index is 1160. The molecule has 1 N–H and O–H groups in total. The van der Waals surface area contributed by atoms with Crippen LogP contribution in [0, 0.1) is 6.92 Å². The van der Waals surface area contributed by atoms with E-state index in [2.05, 4.69) is 21.4 Å². The average molecular weight is 472 g/mol. The lowest BCUT2D eigenvalue weighted by Gasteiger charge is -2.08. The van der Waals surface area contributed by atoms with Crippen molar-refractivity contribution in [3.05, 3.63) is 91.8 Å². The Kier molecular flexibility index (Phi) is 6.84. The number of thiazole rings is 2. The number of nitrogens with zero attached hydrogens (tertiary/aromatic N) is 2. The lowest BCUT2D eigenvalue weighted by molar-refractivity contribution is 0.102. The van der Waals surface area contributed by atoms with E-state index in [0.717, 1.165) is 43.8 Å². The number of carbonyl (C=O) groups excluding carboxylic acids is 1. The molecule has 0 radical (unpaired) electrons. The zero-order valence-corrected chi connectivity index (χ0v) is 19.3. The summed E-state index contributed by atoms with van der Waals surface area (Å²) < 4.78 is 0. The largest absolute Gasteiger partial charge is 0.298 e. The third kappa shape index (κ3) is 5.29. The highest BCUT2D eigenvalue weighted by Gasteiger charge is 2.14. The molecular weight excluding hydrogens is 454 g/mol. The molecule has 152 valence electrons. The van der Waals surface area contributed by atoms with Gasteiger partial charge in [0, 0.05) is 38.5 Å². The molecular formula is C22H18ClN3OS3. The summed E-state index contributed by atoms with van der Waals surface area (Å²) in [7, 11) is 0. The molecule has 0 saturated heterocycles. The Morgan fingerprint density at radius 1 is 1.20 bits per heavy atom. The molecule has 8 heteroatoms. The van der Waals surface area contributed by atoms with Crippen LogP contribution in [-0.2, 0) is 12.2 Å². The predicted octanol–water partition coefficient (Wildman–Crippen LogP) is 6.70. The molecule has 0 bridgehead atoms. The van der Waals surface area contributed by atoms with E-state index < -0.39 is 0 Å². The highest BCUT2D eigenvalue weighted by molar-refractivity contribution is 7.98. The maximum Gasteiger partial charge on any atom is 0.258 e. The number of hydrogen-bond donors (Lipinski definition) is 1. The first-order valence-corrected chi connectivity index (χ1v) is 12.3. The molecule has 30 heavy (non-hydrogen) atoms. The molecule has 4 aromatic rings. The molecule has 0 aliphatic rings. The number of nitrogens with one attached hydrogen (secondary N) is 1. The third-order valence-corrected chi connectivity index (χ3v) is 7.44. The van der Waals surface area contributed by atoms with Crippen LogP contribution in [0.4, 0.5) is 5.13 Å². The normalized spacial score (nSPS) is 10.9. The van der Waals surface area contributed by atoms with Gasteiger partial charge >= 0.3 is 0 Å². The molecule has 0 atom stereocenters. The van der Waals surface area contributed by atoms with Gasteiger partial charge in [0.05, 0.1) is 16.8 Å². The summed E-state index contributed by atoms with van der Waals surface area (Å²) in [5.41, 5.74) is 5.65. The number of hydrogen-bond acceptors (Lipinski definition) is 6. The Morgan fingerprint density at radius 2 is 2.07 bits per heavy atom. The van der Waals surface area contributed by atoms with Crippen molar-refractivity contribution in [2.24, 2.45) is 0 Å². The van der Waals surface area contributed by atoms with Crippen LogP contribution in [-0.4, -0.2) is 15.9 Å². The molecule has 2 aromatic heterocycles. The average Bonchev–Trinajstić information content (AvgIpc) is 3.41. The maximum absolute atomic E-state index is 12.9. The zero-order chi connectivity index (χ0) is 20.9. The van der Waals surface area contributed by atoms with Crippen molar-refractivity contribution in [1.29, 1.82) is 0 Å². The number of rotatable bonds is 7. The van der Waals surface area contributed by atoms with Crippen molar-refractivity contribution in [1.82, 2.24) is 9.97 Å². The molecule has 4 rings (SSSR count). The van der Waals surface area contributed by atoms with Gasteiger partial charge in [-0.15, -0.1) is 34.4 Å². The fourth-order valence-electron chi connectivity index (χ4n) is 2.80. The smallest absolute Gasteiger partial charge is 0.258 e. The first kappa shape index (κ1) is 21.1. The molecule has 0 aliphatic heterocycles. The first-order chi connectivity index (χ1) is 14.6. The van der Waals surface area contributed by atoms with Crippen LogP contribution in [0.3, 0.4) is 0 Å². The molecule has 1 amide bonds. The summed E-state index contributed by atoms with van der Waals surface area (Å²) in [6.45, 7) is 1.99. The number of aryl methyl sites for hydroxylation is 1. The molecule has 0 unspecified atom stereocenters. The molecule has 0 spiro atoms. The van der Waals surface area contributed by atoms with E-state index >= 15 is 0 Å². The summed E-state index contributed by atoms with van der Waals surface area (Å²) in [5.74, 6) is 0.574. The standard InChI is InChI=1S/C22H18ClN3OS3/c1-14-6-7-15(9-19(14)23)8-17-10-24-22(30-17)26-21(27)18-4-2-3-5-20(18)29-12-16-11-28-13-25-16/h2-7,9-11,13H,8,12H2,1H3,(H,24,26,27). The Morgan fingerprint density at radius 3 is 2.87 bits per heavy atom. The van der Waals surface area contributed by atoms with E-state index in [4.69, 9.17) is 11.6 Å². The molecule has 0 aliphatic carbocycles. The predicted molar refractivity (Wildman–Crippen MR) is 127 cm³/mol. The van der Waals surface area contributed by atoms with Gasteiger partial charge in [0.15, 0.2) is 5.13 Å². The van der Waals surface area contributed by atoms with Gasteiger partial charge in [-0.1, -0.05) is 35.9 Å². The number of thioether (sulfide) groups is 1. The van der Waals surface area contributed by atoms with Crippen LogP contribution in [0.25, 0.3) is 0 Å². The van der Waals surface area contributed by atoms with Gasteiger partial charge in [-0.2, -0.15) is 0 Å². The SMILES string of the molecule is Cc1ccc(Cc2cnc(NC(=O)c3ccccc3SCc3cscn3)s2)cc1Cl. The lowest BCUT2D eigenvalue weighted by atomic mass is 10.1. The Hall–Kier alpha value is -2.19. The Balaban J connectivity index is 1.42. The molecule has 2 aromatic carbocycles. The molecule has 4 nitrogen and oxygen atoms in total. The summed E-state index contributed by atoms with van der Waals surface area (Å²) in [6, 6.07) is 13.7. The second kappa shape index (κ2) is 9.75. The summed E-state index contributed by atoms with van der Waals surface area (Å²) in [6.07, 6.45) is 2.53. The van der Waals surface area contributed by atoms with E-state index in [-0.39, 0.29) is 5.91 Å². The second-order valence-electron chi connectivity index (χ2n) is 6.61. The topological polar surface area (TPSA) is 54.9 Å². The molecule has 2 heterocycles. The quantitative estimate of drug-likeness (QED) is 0.305. The fourth-order valence-corrected chi connectivity index (χ4v) is 5.46. The van der Waals surface area contributed by atoms with Crippen molar-refractivity contribution in [2.75, 3.05) is 5.32 Å². The fraction of sp³-hybridized carbons (Fsp3) is 0.136.